The van der Waals surface area contributed by atoms with Crippen LogP contribution in [-0.2, 0) is 11.7 Å². The van der Waals surface area contributed by atoms with Crippen molar-refractivity contribution in [3.63, 3.8) is 0 Å². The fraction of sp³-hybridized carbons (Fsp3) is 0. The van der Waals surface area contributed by atoms with Gasteiger partial charge in [0.05, 0.1) is 0 Å². The molecule has 0 aromatic heterocycles. The molecule has 0 aromatic rings. The second-order valence-corrected chi connectivity index (χ2v) is 0.866. The molecule has 0 aromatic carbocycles. The van der Waals surface area contributed by atoms with E-state index in [1.807, 2.05) is 0 Å². The molecular formula is H2LiNS2. The van der Waals surface area contributed by atoms with Crippen LogP contribution in [0, 0.1) is 0 Å². The van der Waals surface area contributed by atoms with E-state index in [0.29, 0.717) is 0 Å². The Morgan fingerprint density at radius 3 is 1.75 bits per heavy atom. The van der Waals surface area contributed by atoms with Crippen LogP contribution in [0.1, 0.15) is 0 Å². The third-order valence-corrected chi connectivity index (χ3v) is 0. The van der Waals surface area contributed by atoms with E-state index in [2.05, 4.69) is 16.8 Å². The monoisotopic (exact) mass is 87.0 g/mol. The molecule has 0 aliphatic heterocycles. The van der Waals surface area contributed by atoms with E-state index in [-0.39, 0.29) is 18.9 Å². The fourth-order valence-electron chi connectivity index (χ4n) is 0. The predicted molar refractivity (Wildman–Crippen MR) is 19.1 cm³/mol. The molecule has 2 N–H and O–H groups in total. The molecule has 0 bridgehead atoms. The summed E-state index contributed by atoms with van der Waals surface area (Å²) in [6.45, 7) is 0. The first kappa shape index (κ1) is 8.98. The molecule has 0 aliphatic rings. The van der Waals surface area contributed by atoms with E-state index < -0.39 is 0 Å². The Labute approximate surface area is 46.8 Å². The Kier molecular flexibility index (Phi) is 19.9. The molecule has 0 atom stereocenters. The van der Waals surface area contributed by atoms with Crippen molar-refractivity contribution in [1.29, 1.82) is 0 Å². The van der Waals surface area contributed by atoms with Crippen LogP contribution >= 0.6 is 11.0 Å². The van der Waals surface area contributed by atoms with Gasteiger partial charge < -0.3 is 16.8 Å². The van der Waals surface area contributed by atoms with Gasteiger partial charge in [0.15, 0.2) is 0 Å². The zero-order valence-corrected chi connectivity index (χ0v) is 4.03. The van der Waals surface area contributed by atoms with Crippen LogP contribution in [0.25, 0.3) is 0 Å². The summed E-state index contributed by atoms with van der Waals surface area (Å²) in [6.07, 6.45) is 0. The summed E-state index contributed by atoms with van der Waals surface area (Å²) in [5, 5.41) is 4.58. The van der Waals surface area contributed by atoms with Crippen LogP contribution in [-0.4, -0.2) is 0 Å². The van der Waals surface area contributed by atoms with E-state index in [1.165, 1.54) is 0 Å². The molecule has 0 fully saturated rings. The predicted octanol–water partition coefficient (Wildman–Crippen LogP) is -2.94. The summed E-state index contributed by atoms with van der Waals surface area (Å²) in [7, 11) is 0.833. The van der Waals surface area contributed by atoms with Crippen LogP contribution in [0.15, 0.2) is 0 Å². The van der Waals surface area contributed by atoms with Gasteiger partial charge in [0, 0.05) is 0 Å². The van der Waals surface area contributed by atoms with Gasteiger partial charge in [-0.15, -0.1) is 0 Å². The minimum Gasteiger partial charge on any atom is -0.703 e. The minimum absolute atomic E-state index is 0. The molecule has 0 saturated carbocycles. The molecule has 0 heterocycles. The van der Waals surface area contributed by atoms with Gasteiger partial charge in [0.25, 0.3) is 0 Å². The Morgan fingerprint density at radius 2 is 1.75 bits per heavy atom. The van der Waals surface area contributed by atoms with Crippen LogP contribution in [0.2, 0.25) is 0 Å². The number of nitrogens with two attached hydrogens (primary N) is 1. The summed E-state index contributed by atoms with van der Waals surface area (Å²) in [4.78, 5) is 0. The molecular weight excluding hydrogens is 85.1 g/mol. The molecule has 0 unspecified atom stereocenters. The van der Waals surface area contributed by atoms with E-state index in [9.17, 15) is 0 Å². The maximum Gasteiger partial charge on any atom is 1.00 e. The third kappa shape index (κ3) is 10.5. The average Bonchev–Trinajstić information content (AvgIpc) is 0.918. The van der Waals surface area contributed by atoms with Crippen LogP contribution in [0.4, 0.5) is 0 Å². The van der Waals surface area contributed by atoms with E-state index in [1.54, 1.807) is 0 Å². The normalized spacial score (nSPS) is 4.50. The molecule has 0 rings (SSSR count). The average molecular weight is 87.1 g/mol. The van der Waals surface area contributed by atoms with Gasteiger partial charge in [-0.3, -0.25) is 11.0 Å². The van der Waals surface area contributed by atoms with E-state index in [4.69, 9.17) is 0 Å². The van der Waals surface area contributed by atoms with Crippen molar-refractivity contribution in [2.75, 3.05) is 0 Å². The quantitative estimate of drug-likeness (QED) is 0.148. The Morgan fingerprint density at radius 1 is 1.75 bits per heavy atom. The van der Waals surface area contributed by atoms with E-state index in [0.717, 1.165) is 11.0 Å². The number of hydrogen-bond donors (Lipinski definition) is 1. The van der Waals surface area contributed by atoms with Gasteiger partial charge in [0.1, 0.15) is 0 Å². The van der Waals surface area contributed by atoms with Crippen molar-refractivity contribution in [1.82, 2.24) is 0 Å². The van der Waals surface area contributed by atoms with Crippen LogP contribution in [0.5, 0.6) is 0 Å². The summed E-state index contributed by atoms with van der Waals surface area (Å²) >= 11 is 4.09. The summed E-state index contributed by atoms with van der Waals surface area (Å²) in [5.74, 6) is 0. The summed E-state index contributed by atoms with van der Waals surface area (Å²) < 4.78 is 0. The SMILES string of the molecule is NS[S-].[Li+]. The first-order valence-corrected chi connectivity index (χ1v) is 2.21. The maximum absolute atomic E-state index is 4.58. The smallest absolute Gasteiger partial charge is 0.703 e. The topological polar surface area (TPSA) is 26.0 Å². The second-order valence-electron chi connectivity index (χ2n) is 0.0962. The fourth-order valence-corrected chi connectivity index (χ4v) is 0. The van der Waals surface area contributed by atoms with Crippen molar-refractivity contribution in [2.45, 2.75) is 0 Å². The molecule has 20 valence electrons. The summed E-state index contributed by atoms with van der Waals surface area (Å²) in [6, 6.07) is 0. The molecule has 0 aliphatic carbocycles. The van der Waals surface area contributed by atoms with Crippen molar-refractivity contribution < 1.29 is 18.9 Å². The molecule has 0 radical (unpaired) electrons. The van der Waals surface area contributed by atoms with Crippen molar-refractivity contribution in [3.05, 3.63) is 0 Å². The van der Waals surface area contributed by atoms with Crippen LogP contribution < -0.4 is 24.0 Å². The molecule has 0 amide bonds. The number of rotatable bonds is 0. The number of hydrogen-bond acceptors (Lipinski definition) is 3. The Bertz CT molecular complexity index is 6.00. The largest absolute Gasteiger partial charge is 1.00 e. The van der Waals surface area contributed by atoms with Gasteiger partial charge in [0.2, 0.25) is 0 Å². The van der Waals surface area contributed by atoms with Crippen LogP contribution in [0.3, 0.4) is 0 Å². The molecule has 0 spiro atoms. The van der Waals surface area contributed by atoms with Crippen molar-refractivity contribution in [2.24, 2.45) is 5.14 Å². The Hall–Kier alpha value is 1.26. The second kappa shape index (κ2) is 8.86. The van der Waals surface area contributed by atoms with Gasteiger partial charge in [-0.1, -0.05) is 0 Å². The minimum atomic E-state index is 0. The van der Waals surface area contributed by atoms with Crippen molar-refractivity contribution in [3.8, 4) is 0 Å². The van der Waals surface area contributed by atoms with Crippen molar-refractivity contribution >= 4 is 22.6 Å². The standard InChI is InChI=1S/Li.H3NS2/c;1-3-2/h;2H,1H2/q+1;/p-1. The Balaban J connectivity index is 0. The van der Waals surface area contributed by atoms with E-state index >= 15 is 0 Å². The molecule has 4 heteroatoms. The first-order chi connectivity index (χ1) is 1.41. The zero-order valence-electron chi connectivity index (χ0n) is 2.39. The first-order valence-electron chi connectivity index (χ1n) is 0.402. The summed E-state index contributed by atoms with van der Waals surface area (Å²) in [5.41, 5.74) is 0. The maximum atomic E-state index is 4.58. The molecule has 4 heavy (non-hydrogen) atoms. The molecule has 0 saturated heterocycles. The van der Waals surface area contributed by atoms with Gasteiger partial charge >= 0.3 is 18.9 Å². The molecule has 1 nitrogen and oxygen atoms in total. The zero-order chi connectivity index (χ0) is 2.71. The van der Waals surface area contributed by atoms with Gasteiger partial charge in [-0.25, -0.2) is 0 Å². The third-order valence-electron chi connectivity index (χ3n) is 0. The van der Waals surface area contributed by atoms with Gasteiger partial charge in [-0.2, -0.15) is 0 Å². The van der Waals surface area contributed by atoms with Gasteiger partial charge in [-0.05, 0) is 0 Å².